The predicted octanol–water partition coefficient (Wildman–Crippen LogP) is 6.81. The smallest absolute Gasteiger partial charge is 0.317 e. The molecule has 2 aromatic heterocycles. The molecule has 19 heteroatoms. The van der Waals surface area contributed by atoms with Crippen LogP contribution in [0, 0.1) is 17.6 Å². The normalized spacial score (nSPS) is 20.6. The van der Waals surface area contributed by atoms with Crippen molar-refractivity contribution in [3.8, 4) is 0 Å². The first-order valence-electron chi connectivity index (χ1n) is 15.9. The van der Waals surface area contributed by atoms with E-state index >= 15 is 8.78 Å². The summed E-state index contributed by atoms with van der Waals surface area (Å²) in [6, 6.07) is 3.50. The molecule has 1 fully saturated rings. The standard InChI is InChI=1S/C34H24F10N6O3/c1-14-21(2-3-25-45-12-26(52)50(14)25)22-9-19(47-31(53)34(42,43)44)11-46-28(22)16(4-15-5-17(35)8-18(36)6-15)7-20(51)13-49-30-27(29(48-49)33(39,40)41)23-10-24(23)32(30,37)38/h2-3,5-6,8-9,11,16,23-24H,4,7,10,12-13H2,1H3,(H,47,53)/t16-,23+,24-/m1/s1. The number of carbonyl (C=O) groups is 3. The van der Waals surface area contributed by atoms with Crippen molar-refractivity contribution in [2.75, 3.05) is 11.9 Å². The minimum Gasteiger partial charge on any atom is -0.317 e. The van der Waals surface area contributed by atoms with Crippen LogP contribution >= 0.6 is 0 Å². The van der Waals surface area contributed by atoms with Gasteiger partial charge in [0.05, 0.1) is 17.6 Å². The van der Waals surface area contributed by atoms with Crippen molar-refractivity contribution in [3.05, 3.63) is 93.7 Å². The molecular formula is C34H24F10N6O3. The summed E-state index contributed by atoms with van der Waals surface area (Å²) < 4.78 is 141. The number of alkyl halides is 8. The van der Waals surface area contributed by atoms with Crippen molar-refractivity contribution in [3.63, 3.8) is 0 Å². The van der Waals surface area contributed by atoms with Crippen molar-refractivity contribution in [2.24, 2.45) is 10.9 Å². The van der Waals surface area contributed by atoms with Gasteiger partial charge in [-0.2, -0.15) is 40.2 Å². The number of amides is 2. The molecule has 2 amide bonds. The van der Waals surface area contributed by atoms with Crippen molar-refractivity contribution < 1.29 is 58.3 Å². The van der Waals surface area contributed by atoms with Crippen LogP contribution < -0.4 is 5.32 Å². The topological polar surface area (TPSA) is 110 Å². The zero-order valence-electron chi connectivity index (χ0n) is 27.0. The Kier molecular flexibility index (Phi) is 8.40. The van der Waals surface area contributed by atoms with Gasteiger partial charge in [0.2, 0.25) is 0 Å². The van der Waals surface area contributed by atoms with Crippen molar-refractivity contribution in [1.82, 2.24) is 19.7 Å². The van der Waals surface area contributed by atoms with Crippen LogP contribution in [0.1, 0.15) is 65.4 Å². The summed E-state index contributed by atoms with van der Waals surface area (Å²) >= 11 is 0. The van der Waals surface area contributed by atoms with Crippen LogP contribution in [0.15, 0.2) is 53.3 Å². The average Bonchev–Trinajstić information content (AvgIpc) is 3.54. The number of nitrogens with zero attached hydrogens (tertiary/aromatic N) is 5. The van der Waals surface area contributed by atoms with Gasteiger partial charge < -0.3 is 5.32 Å². The minimum atomic E-state index is -5.31. The van der Waals surface area contributed by atoms with Crippen LogP contribution in [0.5, 0.6) is 0 Å². The van der Waals surface area contributed by atoms with Gasteiger partial charge in [-0.3, -0.25) is 33.9 Å². The fraction of sp³-hybridized carbons (Fsp3) is 0.353. The summed E-state index contributed by atoms with van der Waals surface area (Å²) in [6.07, 6.45) is -8.00. The van der Waals surface area contributed by atoms with Crippen LogP contribution in [0.2, 0.25) is 0 Å². The van der Waals surface area contributed by atoms with Crippen LogP contribution in [-0.4, -0.2) is 55.8 Å². The van der Waals surface area contributed by atoms with E-state index in [1.165, 1.54) is 24.0 Å². The van der Waals surface area contributed by atoms with E-state index in [0.717, 1.165) is 24.4 Å². The Morgan fingerprint density at radius 1 is 1.04 bits per heavy atom. The van der Waals surface area contributed by atoms with Crippen LogP contribution in [-0.2, 0) is 39.4 Å². The number of pyridine rings is 1. The molecular weight excluding hydrogens is 730 g/mol. The molecule has 2 aliphatic heterocycles. The Bertz CT molecular complexity index is 2160. The van der Waals surface area contributed by atoms with Gasteiger partial charge in [0.1, 0.15) is 36.3 Å². The number of hydrogen-bond donors (Lipinski definition) is 1. The Labute approximate surface area is 292 Å². The van der Waals surface area contributed by atoms with E-state index in [-0.39, 0.29) is 46.9 Å². The maximum absolute atomic E-state index is 15.2. The minimum absolute atomic E-state index is 0.0394. The molecule has 0 radical (unpaired) electrons. The molecule has 53 heavy (non-hydrogen) atoms. The summed E-state index contributed by atoms with van der Waals surface area (Å²) in [5, 5.41) is 5.05. The number of fused-ring (bicyclic) bond motifs is 4. The van der Waals surface area contributed by atoms with E-state index in [9.17, 15) is 49.5 Å². The molecule has 1 saturated carbocycles. The number of ketones is 1. The highest BCUT2D eigenvalue weighted by Gasteiger charge is 2.68. The van der Waals surface area contributed by atoms with Crippen LogP contribution in [0.25, 0.3) is 5.57 Å². The van der Waals surface area contributed by atoms with E-state index in [2.05, 4.69) is 15.1 Å². The third-order valence-electron chi connectivity index (χ3n) is 9.49. The molecule has 7 rings (SSSR count). The first-order chi connectivity index (χ1) is 24.7. The maximum Gasteiger partial charge on any atom is 0.471 e. The number of anilines is 1. The number of benzene rings is 1. The number of hydrogen-bond acceptors (Lipinski definition) is 6. The summed E-state index contributed by atoms with van der Waals surface area (Å²) in [4.78, 5) is 47.8. The van der Waals surface area contributed by atoms with Crippen LogP contribution in [0.4, 0.5) is 49.6 Å². The number of rotatable bonds is 9. The van der Waals surface area contributed by atoms with Gasteiger partial charge in [-0.15, -0.1) is 0 Å². The number of allylic oxidation sites excluding steroid dienone is 3. The monoisotopic (exact) mass is 754 g/mol. The molecule has 9 nitrogen and oxygen atoms in total. The zero-order valence-corrected chi connectivity index (χ0v) is 27.0. The molecule has 0 saturated heterocycles. The molecule has 4 aliphatic rings. The van der Waals surface area contributed by atoms with E-state index < -0.39 is 107 Å². The molecule has 1 N–H and O–H groups in total. The van der Waals surface area contributed by atoms with Gasteiger partial charge in [0.15, 0.2) is 11.5 Å². The lowest BCUT2D eigenvalue weighted by Gasteiger charge is -2.27. The van der Waals surface area contributed by atoms with Gasteiger partial charge in [-0.25, -0.2) is 8.78 Å². The van der Waals surface area contributed by atoms with Gasteiger partial charge >= 0.3 is 18.3 Å². The Morgan fingerprint density at radius 2 is 1.74 bits per heavy atom. The summed E-state index contributed by atoms with van der Waals surface area (Å²) in [5.74, 6) is -12.9. The SMILES string of the molecule is CC1=C(c2cc(NC(=O)C(F)(F)F)cnc2[C@@H](CC(=O)Cn2nc(C(F)(F)F)c3c2C(F)(F)[C@@H]2C[C@H]32)Cc2cc(F)cc(F)c2)C=CC2=NCC(=O)N21. The fourth-order valence-electron chi connectivity index (χ4n) is 7.25. The lowest BCUT2D eigenvalue weighted by Crippen LogP contribution is -2.32. The molecule has 0 bridgehead atoms. The Balaban J connectivity index is 1.31. The van der Waals surface area contributed by atoms with E-state index in [1.54, 1.807) is 5.32 Å². The predicted molar refractivity (Wildman–Crippen MR) is 164 cm³/mol. The Hall–Kier alpha value is -5.36. The van der Waals surface area contributed by atoms with Gasteiger partial charge in [-0.1, -0.05) is 0 Å². The fourth-order valence-corrected chi connectivity index (χ4v) is 7.25. The van der Waals surface area contributed by atoms with Gasteiger partial charge in [0.25, 0.3) is 11.8 Å². The second-order valence-electron chi connectivity index (χ2n) is 13.1. The highest BCUT2D eigenvalue weighted by Crippen LogP contribution is 2.68. The number of Topliss-reactive ketones (excluding diaryl/α,β-unsaturated/α-hetero) is 1. The van der Waals surface area contributed by atoms with Crippen molar-refractivity contribution in [2.45, 2.75) is 62.8 Å². The van der Waals surface area contributed by atoms with E-state index in [0.29, 0.717) is 10.7 Å². The highest BCUT2D eigenvalue weighted by atomic mass is 19.4. The van der Waals surface area contributed by atoms with Gasteiger partial charge in [-0.05, 0) is 61.6 Å². The second kappa shape index (κ2) is 12.4. The largest absolute Gasteiger partial charge is 0.471 e. The van der Waals surface area contributed by atoms with Crippen molar-refractivity contribution >= 4 is 34.7 Å². The van der Waals surface area contributed by atoms with Crippen molar-refractivity contribution in [1.29, 1.82) is 0 Å². The van der Waals surface area contributed by atoms with Crippen LogP contribution in [0.3, 0.4) is 0 Å². The second-order valence-corrected chi connectivity index (χ2v) is 13.1. The number of aromatic nitrogens is 3. The number of amidine groups is 1. The average molecular weight is 755 g/mol. The van der Waals surface area contributed by atoms with E-state index in [4.69, 9.17) is 0 Å². The lowest BCUT2D eigenvalue weighted by atomic mass is 9.85. The zero-order chi connectivity index (χ0) is 38.4. The lowest BCUT2D eigenvalue weighted by molar-refractivity contribution is -0.167. The maximum atomic E-state index is 15.2. The first-order valence-corrected chi connectivity index (χ1v) is 15.9. The number of aliphatic imine (C=N–C) groups is 1. The molecule has 2 aliphatic carbocycles. The number of nitrogens with one attached hydrogen (secondary N) is 1. The Morgan fingerprint density at radius 3 is 2.40 bits per heavy atom. The molecule has 0 unspecified atom stereocenters. The molecule has 4 heterocycles. The number of carbonyl (C=O) groups excluding carboxylic acids is 3. The molecule has 0 spiro atoms. The van der Waals surface area contributed by atoms with E-state index in [1.807, 2.05) is 0 Å². The highest BCUT2D eigenvalue weighted by molar-refractivity contribution is 6.14. The summed E-state index contributed by atoms with van der Waals surface area (Å²) in [6.45, 7) is 0.207. The first kappa shape index (κ1) is 36.0. The summed E-state index contributed by atoms with van der Waals surface area (Å²) in [7, 11) is 0. The quantitative estimate of drug-likeness (QED) is 0.242. The molecule has 3 aromatic rings. The summed E-state index contributed by atoms with van der Waals surface area (Å²) in [5.41, 5.74) is -3.50. The third kappa shape index (κ3) is 6.49. The number of halogens is 10. The molecule has 278 valence electrons. The molecule has 1 aromatic carbocycles. The van der Waals surface area contributed by atoms with Gasteiger partial charge in [0, 0.05) is 46.7 Å². The third-order valence-corrected chi connectivity index (χ3v) is 9.49. The molecule has 3 atom stereocenters.